The second-order valence-corrected chi connectivity index (χ2v) is 8.57. The zero-order valence-corrected chi connectivity index (χ0v) is 17.1. The first-order valence-electron chi connectivity index (χ1n) is 9.76. The number of carbonyl (C=O) groups is 2. The molecule has 1 aromatic rings. The minimum atomic E-state index is -0.256. The predicted molar refractivity (Wildman–Crippen MR) is 108 cm³/mol. The van der Waals surface area contributed by atoms with E-state index in [1.807, 2.05) is 26.8 Å². The largest absolute Gasteiger partial charge is 0.352 e. The predicted octanol–water partition coefficient (Wildman–Crippen LogP) is 1.61. The fourth-order valence-corrected chi connectivity index (χ4v) is 3.35. The summed E-state index contributed by atoms with van der Waals surface area (Å²) in [5, 5.41) is 6.03. The number of likely N-dealkylation sites (N-methyl/N-ethyl adjacent to an activating group) is 1. The van der Waals surface area contributed by atoms with Crippen LogP contribution in [0.15, 0.2) is 30.3 Å². The van der Waals surface area contributed by atoms with E-state index in [9.17, 15) is 9.59 Å². The van der Waals surface area contributed by atoms with E-state index in [-0.39, 0.29) is 36.5 Å². The molecule has 150 valence electrons. The molecular formula is C21H34N4O2. The van der Waals surface area contributed by atoms with E-state index in [0.29, 0.717) is 0 Å². The Balaban J connectivity index is 1.66. The Morgan fingerprint density at radius 3 is 2.26 bits per heavy atom. The molecule has 6 heteroatoms. The van der Waals surface area contributed by atoms with Crippen LogP contribution in [0.25, 0.3) is 0 Å². The number of hydrogen-bond acceptors (Lipinski definition) is 4. The van der Waals surface area contributed by atoms with Crippen molar-refractivity contribution in [1.82, 2.24) is 20.4 Å². The molecule has 0 spiro atoms. The second-order valence-electron chi connectivity index (χ2n) is 8.57. The SMILES string of the molecule is CN(CC(=O)NC1CCN(Cc2ccccc2)CC1)CC(=O)NC(C)(C)C. The lowest BCUT2D eigenvalue weighted by Gasteiger charge is -2.32. The molecule has 0 saturated carbocycles. The number of nitrogens with zero attached hydrogens (tertiary/aromatic N) is 2. The standard InChI is InChI=1S/C21H34N4O2/c1-21(2,3)23-20(27)16-24(4)15-19(26)22-18-10-12-25(13-11-18)14-17-8-6-5-7-9-17/h5-9,18H,10-16H2,1-4H3,(H,22,26)(H,23,27). The maximum absolute atomic E-state index is 12.3. The van der Waals surface area contributed by atoms with Crippen LogP contribution in [0.2, 0.25) is 0 Å². The van der Waals surface area contributed by atoms with Gasteiger partial charge in [-0.1, -0.05) is 30.3 Å². The van der Waals surface area contributed by atoms with E-state index in [2.05, 4.69) is 39.8 Å². The number of benzene rings is 1. The Morgan fingerprint density at radius 1 is 1.07 bits per heavy atom. The number of likely N-dealkylation sites (tertiary alicyclic amines) is 1. The number of rotatable bonds is 7. The van der Waals surface area contributed by atoms with Gasteiger partial charge in [-0.15, -0.1) is 0 Å². The quantitative estimate of drug-likeness (QED) is 0.761. The highest BCUT2D eigenvalue weighted by Crippen LogP contribution is 2.13. The van der Waals surface area contributed by atoms with Crippen molar-refractivity contribution in [3.63, 3.8) is 0 Å². The van der Waals surface area contributed by atoms with Gasteiger partial charge in [0.1, 0.15) is 0 Å². The van der Waals surface area contributed by atoms with Gasteiger partial charge < -0.3 is 10.6 Å². The lowest BCUT2D eigenvalue weighted by Crippen LogP contribution is -2.49. The summed E-state index contributed by atoms with van der Waals surface area (Å²) in [7, 11) is 1.80. The first-order chi connectivity index (χ1) is 12.7. The van der Waals surface area contributed by atoms with Crippen LogP contribution in [-0.2, 0) is 16.1 Å². The average Bonchev–Trinajstić information content (AvgIpc) is 2.55. The van der Waals surface area contributed by atoms with Crippen LogP contribution in [0.3, 0.4) is 0 Å². The number of piperidine rings is 1. The Morgan fingerprint density at radius 2 is 1.67 bits per heavy atom. The molecule has 27 heavy (non-hydrogen) atoms. The van der Waals surface area contributed by atoms with Gasteiger partial charge in [-0.25, -0.2) is 0 Å². The van der Waals surface area contributed by atoms with Crippen molar-refractivity contribution < 1.29 is 9.59 Å². The molecule has 6 nitrogen and oxygen atoms in total. The molecule has 1 saturated heterocycles. The third-order valence-electron chi connectivity index (χ3n) is 4.54. The van der Waals surface area contributed by atoms with Crippen LogP contribution in [0, 0.1) is 0 Å². The molecule has 1 aromatic carbocycles. The van der Waals surface area contributed by atoms with Gasteiger partial charge in [-0.05, 0) is 46.2 Å². The van der Waals surface area contributed by atoms with Gasteiger partial charge in [0, 0.05) is 31.2 Å². The Bertz CT molecular complexity index is 604. The summed E-state index contributed by atoms with van der Waals surface area (Å²) >= 11 is 0. The van der Waals surface area contributed by atoms with Crippen molar-refractivity contribution in [3.8, 4) is 0 Å². The van der Waals surface area contributed by atoms with Gasteiger partial charge in [-0.3, -0.25) is 19.4 Å². The summed E-state index contributed by atoms with van der Waals surface area (Å²) in [6.07, 6.45) is 1.93. The smallest absolute Gasteiger partial charge is 0.234 e. The van der Waals surface area contributed by atoms with Crippen LogP contribution < -0.4 is 10.6 Å². The Kier molecular flexibility index (Phi) is 7.80. The van der Waals surface area contributed by atoms with Crippen LogP contribution >= 0.6 is 0 Å². The van der Waals surface area contributed by atoms with Crippen LogP contribution in [0.5, 0.6) is 0 Å². The lowest BCUT2D eigenvalue weighted by atomic mass is 10.0. The van der Waals surface area contributed by atoms with Crippen molar-refractivity contribution >= 4 is 11.8 Å². The number of hydrogen-bond donors (Lipinski definition) is 2. The van der Waals surface area contributed by atoms with Crippen molar-refractivity contribution in [2.24, 2.45) is 0 Å². The third-order valence-corrected chi connectivity index (χ3v) is 4.54. The van der Waals surface area contributed by atoms with Gasteiger partial charge in [-0.2, -0.15) is 0 Å². The summed E-state index contributed by atoms with van der Waals surface area (Å²) < 4.78 is 0. The molecule has 0 bridgehead atoms. The minimum absolute atomic E-state index is 0.0115. The average molecular weight is 375 g/mol. The third kappa shape index (κ3) is 8.54. The summed E-state index contributed by atoms with van der Waals surface area (Å²) in [6.45, 7) is 9.24. The fraction of sp³-hybridized carbons (Fsp3) is 0.619. The van der Waals surface area contributed by atoms with E-state index < -0.39 is 0 Å². The molecule has 0 atom stereocenters. The molecule has 2 rings (SSSR count). The van der Waals surface area contributed by atoms with Gasteiger partial charge >= 0.3 is 0 Å². The van der Waals surface area contributed by atoms with E-state index in [1.165, 1.54) is 5.56 Å². The fourth-order valence-electron chi connectivity index (χ4n) is 3.35. The molecule has 0 aliphatic carbocycles. The number of amides is 2. The maximum Gasteiger partial charge on any atom is 0.234 e. The van der Waals surface area contributed by atoms with E-state index >= 15 is 0 Å². The first-order valence-corrected chi connectivity index (χ1v) is 9.76. The van der Waals surface area contributed by atoms with E-state index in [0.717, 1.165) is 32.5 Å². The Labute approximate surface area is 163 Å². The normalized spacial score (nSPS) is 16.3. The molecule has 1 fully saturated rings. The monoisotopic (exact) mass is 374 g/mol. The molecule has 1 heterocycles. The van der Waals surface area contributed by atoms with Gasteiger partial charge in [0.15, 0.2) is 0 Å². The van der Waals surface area contributed by atoms with Gasteiger partial charge in [0.25, 0.3) is 0 Å². The second kappa shape index (κ2) is 9.85. The zero-order valence-electron chi connectivity index (χ0n) is 17.1. The van der Waals surface area contributed by atoms with Crippen molar-refractivity contribution in [3.05, 3.63) is 35.9 Å². The number of nitrogens with one attached hydrogen (secondary N) is 2. The highest BCUT2D eigenvalue weighted by Gasteiger charge is 2.22. The summed E-state index contributed by atoms with van der Waals surface area (Å²) in [5.74, 6) is -0.0745. The van der Waals surface area contributed by atoms with Crippen LogP contribution in [0.1, 0.15) is 39.2 Å². The molecule has 1 aliphatic heterocycles. The van der Waals surface area contributed by atoms with Gasteiger partial charge in [0.05, 0.1) is 13.1 Å². The lowest BCUT2D eigenvalue weighted by molar-refractivity contribution is -0.125. The van der Waals surface area contributed by atoms with E-state index in [1.54, 1.807) is 11.9 Å². The van der Waals surface area contributed by atoms with Crippen molar-refractivity contribution in [2.75, 3.05) is 33.2 Å². The maximum atomic E-state index is 12.3. The van der Waals surface area contributed by atoms with Crippen LogP contribution in [0.4, 0.5) is 0 Å². The molecule has 2 N–H and O–H groups in total. The van der Waals surface area contributed by atoms with Crippen molar-refractivity contribution in [1.29, 1.82) is 0 Å². The molecule has 0 unspecified atom stereocenters. The van der Waals surface area contributed by atoms with Crippen LogP contribution in [-0.4, -0.2) is 66.4 Å². The zero-order chi connectivity index (χ0) is 19.9. The molecule has 1 aliphatic rings. The van der Waals surface area contributed by atoms with E-state index in [4.69, 9.17) is 0 Å². The molecular weight excluding hydrogens is 340 g/mol. The minimum Gasteiger partial charge on any atom is -0.352 e. The van der Waals surface area contributed by atoms with Crippen molar-refractivity contribution in [2.45, 2.75) is 51.7 Å². The highest BCUT2D eigenvalue weighted by molar-refractivity contribution is 5.81. The first kappa shape index (κ1) is 21.4. The summed E-state index contributed by atoms with van der Waals surface area (Å²) in [6, 6.07) is 10.7. The summed E-state index contributed by atoms with van der Waals surface area (Å²) in [4.78, 5) is 28.4. The summed E-state index contributed by atoms with van der Waals surface area (Å²) in [5.41, 5.74) is 1.07. The molecule has 2 amide bonds. The highest BCUT2D eigenvalue weighted by atomic mass is 16.2. The molecule has 0 aromatic heterocycles. The molecule has 0 radical (unpaired) electrons. The number of carbonyl (C=O) groups excluding carboxylic acids is 2. The van der Waals surface area contributed by atoms with Gasteiger partial charge in [0.2, 0.25) is 11.8 Å². The topological polar surface area (TPSA) is 64.7 Å². The Hall–Kier alpha value is -1.92.